The standard InChI is InChI=1S/C20H30N4O2/c1-23-9-11-24(12-10-23)20(26)13-15-5-7-17(8-6-15)22-19(25)14-16-3-2-4-18(16)21/h5-8,16,18H,2-4,9-14,21H2,1H3,(H,22,25)/t16-,18+/m0/s1. The van der Waals surface area contributed by atoms with Crippen LogP contribution in [0.5, 0.6) is 0 Å². The summed E-state index contributed by atoms with van der Waals surface area (Å²) >= 11 is 0. The van der Waals surface area contributed by atoms with E-state index in [9.17, 15) is 9.59 Å². The molecule has 3 rings (SSSR count). The van der Waals surface area contributed by atoms with Crippen LogP contribution in [0.1, 0.15) is 31.2 Å². The second-order valence-electron chi connectivity index (χ2n) is 7.66. The zero-order valence-electron chi connectivity index (χ0n) is 15.6. The number of nitrogens with zero attached hydrogens (tertiary/aromatic N) is 2. The van der Waals surface area contributed by atoms with Crippen LogP contribution in [0.4, 0.5) is 5.69 Å². The van der Waals surface area contributed by atoms with Gasteiger partial charge in [-0.25, -0.2) is 0 Å². The molecular formula is C20H30N4O2. The fraction of sp³-hybridized carbons (Fsp3) is 0.600. The predicted octanol–water partition coefficient (Wildman–Crippen LogP) is 1.46. The molecular weight excluding hydrogens is 328 g/mol. The first-order chi connectivity index (χ1) is 12.5. The zero-order valence-corrected chi connectivity index (χ0v) is 15.6. The molecule has 3 N–H and O–H groups in total. The van der Waals surface area contributed by atoms with Crippen LogP contribution in [0.2, 0.25) is 0 Å². The van der Waals surface area contributed by atoms with Crippen molar-refractivity contribution in [1.29, 1.82) is 0 Å². The summed E-state index contributed by atoms with van der Waals surface area (Å²) in [6.07, 6.45) is 4.09. The summed E-state index contributed by atoms with van der Waals surface area (Å²) in [6.45, 7) is 3.46. The van der Waals surface area contributed by atoms with E-state index < -0.39 is 0 Å². The van der Waals surface area contributed by atoms with Crippen LogP contribution in [-0.4, -0.2) is 60.9 Å². The molecule has 142 valence electrons. The van der Waals surface area contributed by atoms with E-state index in [-0.39, 0.29) is 17.9 Å². The molecule has 26 heavy (non-hydrogen) atoms. The van der Waals surface area contributed by atoms with Crippen molar-refractivity contribution in [3.63, 3.8) is 0 Å². The first-order valence-corrected chi connectivity index (χ1v) is 9.62. The SMILES string of the molecule is CN1CCN(C(=O)Cc2ccc(NC(=O)C[C@@H]3CCC[C@H]3N)cc2)CC1. The first-order valence-electron chi connectivity index (χ1n) is 9.62. The van der Waals surface area contributed by atoms with Crippen LogP contribution in [-0.2, 0) is 16.0 Å². The second-order valence-corrected chi connectivity index (χ2v) is 7.66. The number of carbonyl (C=O) groups excluding carboxylic acids is 2. The first kappa shape index (κ1) is 18.9. The Labute approximate surface area is 155 Å². The lowest BCUT2D eigenvalue weighted by Crippen LogP contribution is -2.47. The van der Waals surface area contributed by atoms with Gasteiger partial charge in [-0.3, -0.25) is 9.59 Å². The summed E-state index contributed by atoms with van der Waals surface area (Å²) in [6, 6.07) is 7.75. The minimum absolute atomic E-state index is 0.0219. The Kier molecular flexibility index (Phi) is 6.27. The van der Waals surface area contributed by atoms with Crippen LogP contribution in [0, 0.1) is 5.92 Å². The maximum Gasteiger partial charge on any atom is 0.227 e. The zero-order chi connectivity index (χ0) is 18.5. The molecule has 0 spiro atoms. The van der Waals surface area contributed by atoms with E-state index in [1.807, 2.05) is 29.2 Å². The monoisotopic (exact) mass is 358 g/mol. The minimum atomic E-state index is 0.0219. The third kappa shape index (κ3) is 5.05. The number of piperazine rings is 1. The molecule has 1 saturated heterocycles. The minimum Gasteiger partial charge on any atom is -0.340 e. The Morgan fingerprint density at radius 1 is 1.12 bits per heavy atom. The molecule has 6 heteroatoms. The highest BCUT2D eigenvalue weighted by Gasteiger charge is 2.26. The van der Waals surface area contributed by atoms with Crippen molar-refractivity contribution in [2.24, 2.45) is 11.7 Å². The molecule has 1 saturated carbocycles. The lowest BCUT2D eigenvalue weighted by atomic mass is 10.00. The molecule has 2 fully saturated rings. The summed E-state index contributed by atoms with van der Waals surface area (Å²) in [4.78, 5) is 28.7. The Hall–Kier alpha value is -1.92. The van der Waals surface area contributed by atoms with E-state index >= 15 is 0 Å². The highest BCUT2D eigenvalue weighted by molar-refractivity contribution is 5.91. The third-order valence-electron chi connectivity index (χ3n) is 5.61. The average Bonchev–Trinajstić information content (AvgIpc) is 3.02. The molecule has 0 radical (unpaired) electrons. The molecule has 1 heterocycles. The Morgan fingerprint density at radius 3 is 2.42 bits per heavy atom. The van der Waals surface area contributed by atoms with Gasteiger partial charge in [0, 0.05) is 44.3 Å². The van der Waals surface area contributed by atoms with Crippen molar-refractivity contribution in [2.75, 3.05) is 38.5 Å². The number of anilines is 1. The van der Waals surface area contributed by atoms with Gasteiger partial charge in [-0.2, -0.15) is 0 Å². The fourth-order valence-electron chi connectivity index (χ4n) is 3.82. The molecule has 1 aromatic carbocycles. The highest BCUT2D eigenvalue weighted by Crippen LogP contribution is 2.27. The van der Waals surface area contributed by atoms with Gasteiger partial charge in [0.2, 0.25) is 11.8 Å². The number of hydrogen-bond donors (Lipinski definition) is 2. The van der Waals surface area contributed by atoms with E-state index in [4.69, 9.17) is 5.73 Å². The van der Waals surface area contributed by atoms with Crippen LogP contribution in [0.25, 0.3) is 0 Å². The second kappa shape index (κ2) is 8.64. The Balaban J connectivity index is 1.47. The van der Waals surface area contributed by atoms with E-state index in [0.29, 0.717) is 18.8 Å². The van der Waals surface area contributed by atoms with Crippen molar-refractivity contribution in [2.45, 2.75) is 38.1 Å². The van der Waals surface area contributed by atoms with Gasteiger partial charge >= 0.3 is 0 Å². The summed E-state index contributed by atoms with van der Waals surface area (Å²) in [5.41, 5.74) is 7.79. The molecule has 1 aliphatic carbocycles. The van der Waals surface area contributed by atoms with Gasteiger partial charge in [-0.15, -0.1) is 0 Å². The normalized spacial score (nSPS) is 23.8. The fourth-order valence-corrected chi connectivity index (χ4v) is 3.82. The topological polar surface area (TPSA) is 78.7 Å². The number of nitrogens with one attached hydrogen (secondary N) is 1. The third-order valence-corrected chi connectivity index (χ3v) is 5.61. The molecule has 2 atom stereocenters. The molecule has 0 unspecified atom stereocenters. The van der Waals surface area contributed by atoms with Crippen molar-refractivity contribution in [3.8, 4) is 0 Å². The quantitative estimate of drug-likeness (QED) is 0.835. The Bertz CT molecular complexity index is 623. The number of carbonyl (C=O) groups is 2. The molecule has 2 aliphatic rings. The molecule has 0 aromatic heterocycles. The highest BCUT2D eigenvalue weighted by atomic mass is 16.2. The van der Waals surface area contributed by atoms with Crippen molar-refractivity contribution in [1.82, 2.24) is 9.80 Å². The number of amides is 2. The molecule has 1 aromatic rings. The summed E-state index contributed by atoms with van der Waals surface area (Å²) in [7, 11) is 2.08. The molecule has 6 nitrogen and oxygen atoms in total. The maximum absolute atomic E-state index is 12.4. The van der Waals surface area contributed by atoms with Gasteiger partial charge in [-0.1, -0.05) is 18.6 Å². The largest absolute Gasteiger partial charge is 0.340 e. The number of hydrogen-bond acceptors (Lipinski definition) is 4. The summed E-state index contributed by atoms with van der Waals surface area (Å²) in [5.74, 6) is 0.495. The van der Waals surface area contributed by atoms with Gasteiger partial charge in [0.25, 0.3) is 0 Å². The van der Waals surface area contributed by atoms with Gasteiger partial charge in [0.15, 0.2) is 0 Å². The van der Waals surface area contributed by atoms with E-state index in [0.717, 1.165) is 56.7 Å². The number of rotatable bonds is 5. The Morgan fingerprint density at radius 2 is 1.81 bits per heavy atom. The van der Waals surface area contributed by atoms with Crippen molar-refractivity contribution >= 4 is 17.5 Å². The van der Waals surface area contributed by atoms with E-state index in [1.54, 1.807) is 0 Å². The lowest BCUT2D eigenvalue weighted by Gasteiger charge is -2.32. The summed E-state index contributed by atoms with van der Waals surface area (Å²) in [5, 5.41) is 2.94. The number of likely N-dealkylation sites (N-methyl/N-ethyl adjacent to an activating group) is 1. The number of nitrogens with two attached hydrogens (primary N) is 1. The number of benzene rings is 1. The molecule has 1 aliphatic heterocycles. The molecule has 2 amide bonds. The lowest BCUT2D eigenvalue weighted by molar-refractivity contribution is -0.132. The van der Waals surface area contributed by atoms with Crippen LogP contribution in [0.15, 0.2) is 24.3 Å². The van der Waals surface area contributed by atoms with E-state index in [1.165, 1.54) is 0 Å². The van der Waals surface area contributed by atoms with Crippen molar-refractivity contribution < 1.29 is 9.59 Å². The van der Waals surface area contributed by atoms with Crippen LogP contribution in [0.3, 0.4) is 0 Å². The van der Waals surface area contributed by atoms with E-state index in [2.05, 4.69) is 17.3 Å². The molecule has 0 bridgehead atoms. The van der Waals surface area contributed by atoms with Gasteiger partial charge in [-0.05, 0) is 43.5 Å². The predicted molar refractivity (Wildman–Crippen MR) is 103 cm³/mol. The van der Waals surface area contributed by atoms with Crippen molar-refractivity contribution in [3.05, 3.63) is 29.8 Å². The van der Waals surface area contributed by atoms with Gasteiger partial charge < -0.3 is 20.9 Å². The summed E-state index contributed by atoms with van der Waals surface area (Å²) < 4.78 is 0. The van der Waals surface area contributed by atoms with Crippen LogP contribution < -0.4 is 11.1 Å². The van der Waals surface area contributed by atoms with Crippen LogP contribution >= 0.6 is 0 Å². The smallest absolute Gasteiger partial charge is 0.227 e. The van der Waals surface area contributed by atoms with Gasteiger partial charge in [0.05, 0.1) is 6.42 Å². The average molecular weight is 358 g/mol. The van der Waals surface area contributed by atoms with Gasteiger partial charge in [0.1, 0.15) is 0 Å². The maximum atomic E-state index is 12.4.